The average molecular weight is 290 g/mol. The number of pyridine rings is 1. The van der Waals surface area contributed by atoms with Crippen LogP contribution in [-0.2, 0) is 9.84 Å². The first-order chi connectivity index (χ1) is 5.41. The van der Waals surface area contributed by atoms with Gasteiger partial charge in [0.15, 0.2) is 0 Å². The Morgan fingerprint density at radius 2 is 2.08 bits per heavy atom. The Kier molecular flexibility index (Phi) is 2.77. The molecule has 3 nitrogen and oxygen atoms in total. The number of hydrogen-bond acceptors (Lipinski definition) is 3. The van der Waals surface area contributed by atoms with Crippen LogP contribution in [0.15, 0.2) is 17.3 Å². The molecule has 0 aliphatic rings. The van der Waals surface area contributed by atoms with Crippen molar-refractivity contribution >= 4 is 35.9 Å². The Labute approximate surface area is 85.2 Å². The van der Waals surface area contributed by atoms with Crippen molar-refractivity contribution in [3.05, 3.63) is 17.8 Å². The second-order valence-corrected chi connectivity index (χ2v) is 6.39. The van der Waals surface area contributed by atoms with Crippen LogP contribution < -0.4 is 3.58 Å². The summed E-state index contributed by atoms with van der Waals surface area (Å²) in [4.78, 5) is 3.85. The summed E-state index contributed by atoms with van der Waals surface area (Å²) in [6, 6.07) is 1.62. The van der Waals surface area contributed by atoms with E-state index in [9.17, 15) is 8.42 Å². The Morgan fingerprint density at radius 1 is 1.50 bits per heavy atom. The normalized spacial score (nSPS) is 11.6. The summed E-state index contributed by atoms with van der Waals surface area (Å²) < 4.78 is 23.2. The fourth-order valence-corrected chi connectivity index (χ4v) is 1.83. The van der Waals surface area contributed by atoms with Crippen LogP contribution >= 0.6 is 0 Å². The van der Waals surface area contributed by atoms with E-state index in [1.54, 1.807) is 12.3 Å². The van der Waals surface area contributed by atoms with E-state index in [0.29, 0.717) is 0 Å². The van der Waals surface area contributed by atoms with Gasteiger partial charge in [0.1, 0.15) is 0 Å². The third-order valence-electron chi connectivity index (χ3n) is 1.51. The quantitative estimate of drug-likeness (QED) is 0.644. The van der Waals surface area contributed by atoms with Crippen LogP contribution in [0.4, 0.5) is 0 Å². The average Bonchev–Trinajstić information content (AvgIpc) is 1.92. The van der Waals surface area contributed by atoms with Gasteiger partial charge in [0, 0.05) is 0 Å². The van der Waals surface area contributed by atoms with Crippen molar-refractivity contribution in [1.82, 2.24) is 4.98 Å². The minimum absolute atomic E-state index is 0.165. The molecule has 0 amide bonds. The van der Waals surface area contributed by atoms with Gasteiger partial charge in [-0.2, -0.15) is 0 Å². The van der Waals surface area contributed by atoms with Crippen molar-refractivity contribution in [3.63, 3.8) is 0 Å². The first-order valence-electron chi connectivity index (χ1n) is 3.33. The molecule has 64 valence electrons. The van der Waals surface area contributed by atoms with Crippen LogP contribution in [0.5, 0.6) is 0 Å². The summed E-state index contributed by atoms with van der Waals surface area (Å²) in [7, 11) is -3.14. The van der Waals surface area contributed by atoms with Crippen LogP contribution in [0, 0.1) is 6.92 Å². The summed E-state index contributed by atoms with van der Waals surface area (Å²) in [5.74, 6) is 0. The maximum atomic E-state index is 11.0. The van der Waals surface area contributed by atoms with E-state index >= 15 is 0 Å². The predicted molar refractivity (Wildman–Crippen MR) is 48.9 cm³/mol. The van der Waals surface area contributed by atoms with Gasteiger partial charge < -0.3 is 0 Å². The van der Waals surface area contributed by atoms with E-state index in [0.717, 1.165) is 31.7 Å². The molecule has 5 heteroatoms. The Balaban J connectivity index is 3.33. The second kappa shape index (κ2) is 3.33. The van der Waals surface area contributed by atoms with Gasteiger partial charge in [-0.1, -0.05) is 0 Å². The van der Waals surface area contributed by atoms with Gasteiger partial charge >= 0.3 is 85.4 Å². The predicted octanol–water partition coefficient (Wildman–Crippen LogP) is -0.680. The zero-order valence-electron chi connectivity index (χ0n) is 6.90. The summed E-state index contributed by atoms with van der Waals surface area (Å²) in [6.45, 7) is 1.90. The van der Waals surface area contributed by atoms with E-state index in [-0.39, 0.29) is 5.03 Å². The number of rotatable bonds is 1. The van der Waals surface area contributed by atoms with E-state index < -0.39 is 9.84 Å². The van der Waals surface area contributed by atoms with Crippen molar-refractivity contribution in [3.8, 4) is 0 Å². The third-order valence-corrected chi connectivity index (χ3v) is 4.21. The van der Waals surface area contributed by atoms with E-state index in [1.165, 1.54) is 6.26 Å². The zero-order chi connectivity index (χ0) is 9.35. The first-order valence-corrected chi connectivity index (χ1v) is 6.87. The number of hydrogen-bond donors (Lipinski definition) is 0. The molecular formula is C7H9NO2SSn. The van der Waals surface area contributed by atoms with Crippen molar-refractivity contribution in [2.45, 2.75) is 11.9 Å². The number of aryl methyl sites for hydroxylation is 1. The summed E-state index contributed by atoms with van der Waals surface area (Å²) >= 11 is 0.967. The fraction of sp³-hybridized carbons (Fsp3) is 0.286. The van der Waals surface area contributed by atoms with Crippen LogP contribution in [0.3, 0.4) is 0 Å². The molecule has 0 unspecified atom stereocenters. The van der Waals surface area contributed by atoms with Gasteiger partial charge in [-0.3, -0.25) is 0 Å². The van der Waals surface area contributed by atoms with E-state index in [2.05, 4.69) is 4.98 Å². The van der Waals surface area contributed by atoms with Gasteiger partial charge in [-0.15, -0.1) is 0 Å². The molecule has 0 spiro atoms. The Morgan fingerprint density at radius 3 is 2.50 bits per heavy atom. The zero-order valence-corrected chi connectivity index (χ0v) is 11.0. The summed E-state index contributed by atoms with van der Waals surface area (Å²) in [6.07, 6.45) is 2.80. The van der Waals surface area contributed by atoms with Gasteiger partial charge in [0.2, 0.25) is 0 Å². The molecule has 2 radical (unpaired) electrons. The molecule has 0 saturated heterocycles. The molecule has 0 bridgehead atoms. The van der Waals surface area contributed by atoms with Gasteiger partial charge in [0.05, 0.1) is 0 Å². The molecule has 0 aliphatic carbocycles. The SMILES string of the molecule is Cc1cc(S(C)(=O)=O)nc[c]1[SnH]. The molecule has 1 rings (SSSR count). The number of sulfone groups is 1. The summed E-state index contributed by atoms with van der Waals surface area (Å²) in [5.41, 5.74) is 1.01. The monoisotopic (exact) mass is 291 g/mol. The number of nitrogens with zero attached hydrogens (tertiary/aromatic N) is 1. The van der Waals surface area contributed by atoms with Crippen LogP contribution in [0.1, 0.15) is 5.56 Å². The molecule has 12 heavy (non-hydrogen) atoms. The fourth-order valence-electron chi connectivity index (χ4n) is 0.744. The molecule has 0 N–H and O–H groups in total. The molecular weight excluding hydrogens is 281 g/mol. The molecule has 1 aromatic rings. The van der Waals surface area contributed by atoms with Gasteiger partial charge in [-0.05, 0) is 0 Å². The van der Waals surface area contributed by atoms with Crippen molar-refractivity contribution in [1.29, 1.82) is 0 Å². The van der Waals surface area contributed by atoms with Crippen LogP contribution in [0.2, 0.25) is 0 Å². The number of aromatic nitrogens is 1. The van der Waals surface area contributed by atoms with E-state index in [1.807, 2.05) is 6.92 Å². The summed E-state index contributed by atoms with van der Waals surface area (Å²) in [5, 5.41) is 0.165. The molecule has 0 atom stereocenters. The molecule has 0 saturated carbocycles. The topological polar surface area (TPSA) is 47.0 Å². The first kappa shape index (κ1) is 9.98. The van der Waals surface area contributed by atoms with Gasteiger partial charge in [-0.25, -0.2) is 0 Å². The van der Waals surface area contributed by atoms with Crippen molar-refractivity contribution in [2.75, 3.05) is 6.26 Å². The molecule has 0 aliphatic heterocycles. The minimum atomic E-state index is -3.14. The third kappa shape index (κ3) is 2.19. The van der Waals surface area contributed by atoms with Crippen molar-refractivity contribution in [2.24, 2.45) is 0 Å². The standard InChI is InChI=1S/C7H8NO2S.Sn.H/c1-6-3-4-8-7(5-6)11(2,9)10;;/h4-5H,1-2H3;;. The molecule has 0 aromatic carbocycles. The second-order valence-electron chi connectivity index (χ2n) is 2.65. The maximum absolute atomic E-state index is 11.0. The van der Waals surface area contributed by atoms with Gasteiger partial charge in [0.25, 0.3) is 0 Å². The van der Waals surface area contributed by atoms with Crippen molar-refractivity contribution < 1.29 is 8.42 Å². The van der Waals surface area contributed by atoms with E-state index in [4.69, 9.17) is 0 Å². The molecule has 1 heterocycles. The van der Waals surface area contributed by atoms with Crippen LogP contribution in [0.25, 0.3) is 0 Å². The Bertz CT molecular complexity index is 400. The Hall–Kier alpha value is -0.101. The van der Waals surface area contributed by atoms with Crippen LogP contribution in [-0.4, -0.2) is 42.2 Å². The molecule has 0 fully saturated rings. The molecule has 1 aromatic heterocycles.